The van der Waals surface area contributed by atoms with Gasteiger partial charge in [-0.25, -0.2) is 39.3 Å². The van der Waals surface area contributed by atoms with Gasteiger partial charge in [0.2, 0.25) is 0 Å². The number of nitriles is 2. The fraction of sp³-hybridized carbons (Fsp3) is 0.309. The first-order valence-electron chi connectivity index (χ1n) is 46.2. The number of hydrogen-bond donors (Lipinski definition) is 3. The molecule has 758 valence electrons. The van der Waals surface area contributed by atoms with E-state index in [1.807, 2.05) is 160 Å². The van der Waals surface area contributed by atoms with Gasteiger partial charge in [-0.1, -0.05) is 181 Å². The molecule has 1 aliphatic heterocycles. The molecule has 0 saturated carbocycles. The van der Waals surface area contributed by atoms with Gasteiger partial charge < -0.3 is 29.1 Å². The van der Waals surface area contributed by atoms with Gasteiger partial charge in [0.25, 0.3) is 0 Å². The molecular weight excluding hydrogens is 2240 g/mol. The number of aryl methyl sites for hydroxylation is 5. The molecule has 3 N–H and O–H groups in total. The van der Waals surface area contributed by atoms with Crippen LogP contribution in [-0.2, 0) is 34.1 Å². The molecule has 11 aromatic heterocycles. The molecule has 0 amide bonds. The van der Waals surface area contributed by atoms with E-state index in [1.165, 1.54) is 65.2 Å². The molecule has 37 heteroatoms. The number of Topliss-reactive ketones (excluding diaryl/α,β-unsaturated/α-hetero) is 2. The summed E-state index contributed by atoms with van der Waals surface area (Å²) in [6.45, 7) is 42.7. The number of phenols is 1. The Bertz CT molecular complexity index is 7300. The number of pyridine rings is 6. The van der Waals surface area contributed by atoms with Crippen molar-refractivity contribution in [1.82, 2.24) is 59.9 Å². The molecule has 1 aliphatic rings. The second kappa shape index (κ2) is 57.9. The van der Waals surface area contributed by atoms with Crippen LogP contribution in [0.25, 0.3) is 96.7 Å². The van der Waals surface area contributed by atoms with Crippen LogP contribution in [0.2, 0.25) is 51.4 Å². The number of thiophene rings is 3. The molecular formula is C110H123B4Br3FIN16O7S3Si2. The molecule has 0 aliphatic carbocycles. The van der Waals surface area contributed by atoms with Crippen molar-refractivity contribution in [2.75, 3.05) is 19.8 Å². The zero-order chi connectivity index (χ0) is 104. The first kappa shape index (κ1) is 125. The van der Waals surface area contributed by atoms with E-state index in [4.69, 9.17) is 34.3 Å². The Labute approximate surface area is 922 Å². The molecule has 2 unspecified atom stereocenters. The summed E-state index contributed by atoms with van der Waals surface area (Å²) in [6, 6.07) is 64.9. The van der Waals surface area contributed by atoms with E-state index in [-0.39, 0.29) is 79.4 Å². The maximum absolute atomic E-state index is 12.1. The Kier molecular flexibility index (Phi) is 49.2. The first-order chi connectivity index (χ1) is 68.2. The summed E-state index contributed by atoms with van der Waals surface area (Å²) in [4.78, 5) is 54.8. The van der Waals surface area contributed by atoms with Gasteiger partial charge in [0.05, 0.1) is 79.8 Å². The van der Waals surface area contributed by atoms with Gasteiger partial charge in [-0.15, -0.1) is 44.2 Å². The predicted octanol–water partition coefficient (Wildman–Crippen LogP) is 29.2. The third-order valence-electron chi connectivity index (χ3n) is 23.5. The number of ketones is 2. The monoisotopic (exact) mass is 2360 g/mol. The number of aliphatic hydroxyl groups is 2. The molecule has 0 fully saturated rings. The summed E-state index contributed by atoms with van der Waals surface area (Å²) in [5, 5.41) is 86.5. The third kappa shape index (κ3) is 31.9. The van der Waals surface area contributed by atoms with Crippen molar-refractivity contribution in [1.29, 1.82) is 10.5 Å². The highest BCUT2D eigenvalue weighted by Crippen LogP contribution is 2.44. The molecule has 17 aromatic rings. The second-order valence-corrected chi connectivity index (χ2v) is 54.0. The van der Waals surface area contributed by atoms with Crippen LogP contribution in [0.1, 0.15) is 148 Å². The SMILES string of the molecule is C.C.C[Si](C)(C)CCOCn1ccnn1.Cc1ccc2nc(C#N)ccc2c1Br.Cc1ccc2nc(C(=O)C(C)C)ccc2c1-c1cccs1.Cc1ccc2nc(C(=O)C(C)C)ccc2c1Br.Cc1ccc2nc(C(O)(C3=CN=NC3)C(C)C)ccc2c1-c1cccs1.Cc1ccc2nc(C(O)(c3cnnn3COCC[Si](C)(C)C)C(C)C)ccc2c1-c1cccs1.N#Cc1ccc2c(Br)c(O)ccc2n1.[B].[B].[B]F.[B]I. The Morgan fingerprint density at radius 3 is 1.22 bits per heavy atom. The largest absolute Gasteiger partial charge is 0.507 e. The van der Waals surface area contributed by atoms with Gasteiger partial charge in [-0.05, 0) is 272 Å². The summed E-state index contributed by atoms with van der Waals surface area (Å²) in [7, 11) is 0.866. The number of fused-ring (bicyclic) bond motifs is 6. The summed E-state index contributed by atoms with van der Waals surface area (Å²) in [6.07, 6.45) is 6.74. The van der Waals surface area contributed by atoms with E-state index in [1.54, 1.807) is 127 Å². The highest BCUT2D eigenvalue weighted by molar-refractivity contribution is 14.1. The first-order valence-corrected chi connectivity index (χ1v) is 59.9. The van der Waals surface area contributed by atoms with Crippen molar-refractivity contribution in [2.45, 2.75) is 181 Å². The summed E-state index contributed by atoms with van der Waals surface area (Å²) < 4.78 is 26.4. The predicted molar refractivity (Wildman–Crippen MR) is 631 cm³/mol. The highest BCUT2D eigenvalue weighted by atomic mass is 127. The summed E-state index contributed by atoms with van der Waals surface area (Å²) >= 11 is 17.1. The van der Waals surface area contributed by atoms with Crippen molar-refractivity contribution < 1.29 is 38.7 Å². The third-order valence-corrected chi connectivity index (χ3v) is 32.5. The van der Waals surface area contributed by atoms with E-state index in [0.29, 0.717) is 69.7 Å². The number of phenolic OH excluding ortho intramolecular Hbond substituents is 1. The van der Waals surface area contributed by atoms with E-state index >= 15 is 0 Å². The van der Waals surface area contributed by atoms with Crippen LogP contribution in [0.4, 0.5) is 4.32 Å². The number of carbonyl (C=O) groups excluding carboxylic acids is 2. The van der Waals surface area contributed by atoms with Crippen LogP contribution in [-0.4, -0.2) is 153 Å². The maximum Gasteiger partial charge on any atom is 0.350 e. The topological polar surface area (TPSA) is 324 Å². The molecule has 18 rings (SSSR count). The van der Waals surface area contributed by atoms with Crippen LogP contribution < -0.4 is 0 Å². The minimum absolute atomic E-state index is 0. The van der Waals surface area contributed by atoms with Crippen LogP contribution in [0.15, 0.2) is 252 Å². The molecule has 23 nitrogen and oxygen atoms in total. The van der Waals surface area contributed by atoms with Gasteiger partial charge >= 0.3 is 8.12 Å². The summed E-state index contributed by atoms with van der Waals surface area (Å²) in [5.41, 5.74) is 21.2. The van der Waals surface area contributed by atoms with Crippen LogP contribution in [0, 0.1) is 81.0 Å². The Hall–Kier alpha value is -10.7. The fourth-order valence-electron chi connectivity index (χ4n) is 15.4. The van der Waals surface area contributed by atoms with Gasteiger partial charge in [0.1, 0.15) is 59.7 Å². The average molecular weight is 2360 g/mol. The van der Waals surface area contributed by atoms with E-state index in [9.17, 15) is 24.9 Å². The number of hydrogen-bond acceptors (Lipinski definition) is 24. The van der Waals surface area contributed by atoms with Crippen molar-refractivity contribution in [3.63, 3.8) is 0 Å². The molecule has 0 bridgehead atoms. The van der Waals surface area contributed by atoms with Crippen molar-refractivity contribution in [3.05, 3.63) is 310 Å². The van der Waals surface area contributed by atoms with Gasteiger partial charge in [0.15, 0.2) is 22.9 Å². The quantitative estimate of drug-likeness (QED) is 0.0232. The normalized spacial score (nSPS) is 12.1. The van der Waals surface area contributed by atoms with E-state index < -0.39 is 27.3 Å². The van der Waals surface area contributed by atoms with Gasteiger partial charge in [-0.3, -0.25) is 9.59 Å². The molecule has 0 spiro atoms. The Morgan fingerprint density at radius 1 is 0.483 bits per heavy atom. The standard InChI is InChI=1S/C26H34N4O2SSi.C21H21N3OS.C18H17NOS.C14H14BrNO.C11H7BrN2.C10H5BrN2O.C8H17N3OSi.2CH4.BF.BI.2B/c1-18(2)26(31,24-16-27-29-30(24)17-32-13-15-34(4,5)6)23-12-10-20-21(28-23)11-9-19(3)25(20)22-8-7-14-33-22;1-13(2)21(25,15-11-22-23-12-15)19-9-7-16-17(24-19)8-6-14(3)20(16)18-5-4-10-26-18;1-11(2)18(20)15-9-7-13-14(19-15)8-6-12(3)17(13)16-5-4-10-21-16;1-8(2)14(17)12-7-5-10-11(16-12)6-4-9(3)13(10)15;1-7-2-5-10-9(11(7)12)4-3-8(6-13)14-10;11-10-7-2-1-6(5-12)13-8(7)3-4-9(10)14;1-13(2,3)7-6-12-8-11-5-4-9-10-11;;;2*1-2;;/h7-12,14,16,18,31H,13,15,17H2,1-6H3;4-11,13,25H,12H2,1-3H3;4-11H,1-3H3;4-8H,1-3H3;2-5H,1H3;1-4,14H;4-5H,6-8H2,1-3H3;2*1H4;;;;. The molecule has 6 aromatic carbocycles. The number of nitrogens with zero attached hydrogens (tertiary/aromatic N) is 16. The Morgan fingerprint density at radius 2 is 0.850 bits per heavy atom. The Balaban J connectivity index is 0.000000266. The van der Waals surface area contributed by atoms with Crippen molar-refractivity contribution in [3.8, 4) is 49.2 Å². The molecule has 10 radical (unpaired) electrons. The highest BCUT2D eigenvalue weighted by Gasteiger charge is 2.42. The number of azo groups is 1. The molecule has 147 heavy (non-hydrogen) atoms. The van der Waals surface area contributed by atoms with Gasteiger partial charge in [-0.2, -0.15) is 43.1 Å². The lowest BCUT2D eigenvalue weighted by Gasteiger charge is -2.32. The van der Waals surface area contributed by atoms with Crippen LogP contribution >= 0.6 is 104 Å². The minimum atomic E-state index is -1.35. The summed E-state index contributed by atoms with van der Waals surface area (Å²) in [5.74, 6) is 0.108. The lowest BCUT2D eigenvalue weighted by molar-refractivity contribution is 0.00563. The average Bonchev–Trinajstić information content (AvgIpc) is 1.71. The van der Waals surface area contributed by atoms with Crippen LogP contribution in [0.5, 0.6) is 5.75 Å². The molecule has 2 atom stereocenters. The fourth-order valence-corrected chi connectivity index (χ4v) is 20.8. The van der Waals surface area contributed by atoms with Crippen molar-refractivity contribution >= 4 is 228 Å². The zero-order valence-electron chi connectivity index (χ0n) is 84.7. The van der Waals surface area contributed by atoms with Gasteiger partial charge in [0, 0.05) is 142 Å². The number of halogens is 5. The maximum atomic E-state index is 12.1. The lowest BCUT2D eigenvalue weighted by Crippen LogP contribution is -2.37. The minimum Gasteiger partial charge on any atom is -0.507 e. The lowest BCUT2D eigenvalue weighted by atomic mass is 9.80. The zero-order valence-corrected chi connectivity index (χ0v) is 96.0. The number of aromatic hydroxyl groups is 1. The molecule has 0 saturated heterocycles. The van der Waals surface area contributed by atoms with Crippen molar-refractivity contribution in [2.24, 2.45) is 33.9 Å². The number of carbonyl (C=O) groups is 2. The molecule has 12 heterocycles. The number of aromatic nitrogens is 12. The smallest absolute Gasteiger partial charge is 0.350 e. The number of benzene rings is 6. The van der Waals surface area contributed by atoms with E-state index in [0.717, 1.165) is 87.1 Å². The number of rotatable bonds is 23. The number of ether oxygens (including phenoxy) is 2. The second-order valence-electron chi connectivity index (χ2n) is 37.5. The van der Waals surface area contributed by atoms with E-state index in [2.05, 4.69) is 255 Å². The van der Waals surface area contributed by atoms with Crippen LogP contribution in [0.3, 0.4) is 0 Å².